The van der Waals surface area contributed by atoms with Gasteiger partial charge in [-0.3, -0.25) is 9.78 Å². The number of nitrogens with two attached hydrogens (primary N) is 1. The molecule has 0 aliphatic carbocycles. The molecule has 1 aromatic heterocycles. The van der Waals surface area contributed by atoms with E-state index in [1.807, 2.05) is 42.5 Å². The smallest absolute Gasteiger partial charge is 0.221 e. The van der Waals surface area contributed by atoms with Crippen LogP contribution in [0.2, 0.25) is 0 Å². The van der Waals surface area contributed by atoms with Crippen molar-refractivity contribution in [2.75, 3.05) is 11.9 Å². The molecule has 1 aromatic carbocycles. The SMILES string of the molecule is CC(=O)Nc1cccc(CN=C(N)NCCc2ccccn2)c1. The molecule has 0 bridgehead atoms. The average molecular weight is 311 g/mol. The number of hydrogen-bond acceptors (Lipinski definition) is 3. The van der Waals surface area contributed by atoms with Crippen LogP contribution < -0.4 is 16.4 Å². The number of benzene rings is 1. The monoisotopic (exact) mass is 311 g/mol. The molecule has 0 aliphatic rings. The number of carbonyl (C=O) groups excluding carboxylic acids is 1. The number of aromatic nitrogens is 1. The highest BCUT2D eigenvalue weighted by molar-refractivity contribution is 5.88. The Bertz CT molecular complexity index is 670. The van der Waals surface area contributed by atoms with Gasteiger partial charge in [-0.2, -0.15) is 0 Å². The lowest BCUT2D eigenvalue weighted by Crippen LogP contribution is -2.33. The van der Waals surface area contributed by atoms with Gasteiger partial charge in [-0.1, -0.05) is 18.2 Å². The minimum Gasteiger partial charge on any atom is -0.370 e. The summed E-state index contributed by atoms with van der Waals surface area (Å²) in [6.45, 7) is 2.61. The first-order chi connectivity index (χ1) is 11.1. The van der Waals surface area contributed by atoms with Gasteiger partial charge in [0.05, 0.1) is 6.54 Å². The number of pyridine rings is 1. The van der Waals surface area contributed by atoms with Crippen LogP contribution in [0.25, 0.3) is 0 Å². The van der Waals surface area contributed by atoms with Gasteiger partial charge in [-0.25, -0.2) is 4.99 Å². The number of aliphatic imine (C=N–C) groups is 1. The number of anilines is 1. The Balaban J connectivity index is 1.81. The average Bonchev–Trinajstić information content (AvgIpc) is 2.54. The van der Waals surface area contributed by atoms with E-state index < -0.39 is 0 Å². The molecule has 23 heavy (non-hydrogen) atoms. The van der Waals surface area contributed by atoms with Crippen molar-refractivity contribution < 1.29 is 4.79 Å². The van der Waals surface area contributed by atoms with Crippen molar-refractivity contribution in [3.05, 3.63) is 59.9 Å². The van der Waals surface area contributed by atoms with Crippen molar-refractivity contribution in [2.45, 2.75) is 19.9 Å². The Morgan fingerprint density at radius 1 is 1.26 bits per heavy atom. The van der Waals surface area contributed by atoms with Crippen LogP contribution in [0, 0.1) is 0 Å². The molecule has 1 amide bonds. The van der Waals surface area contributed by atoms with Crippen LogP contribution in [-0.2, 0) is 17.8 Å². The number of carbonyl (C=O) groups is 1. The second kappa shape index (κ2) is 8.53. The topological polar surface area (TPSA) is 92.4 Å². The van der Waals surface area contributed by atoms with E-state index in [1.165, 1.54) is 6.92 Å². The van der Waals surface area contributed by atoms with Crippen molar-refractivity contribution in [3.8, 4) is 0 Å². The summed E-state index contributed by atoms with van der Waals surface area (Å²) < 4.78 is 0. The zero-order chi connectivity index (χ0) is 16.5. The molecule has 0 fully saturated rings. The predicted octanol–water partition coefficient (Wildman–Crippen LogP) is 1.69. The van der Waals surface area contributed by atoms with Gasteiger partial charge in [0, 0.05) is 37.5 Å². The lowest BCUT2D eigenvalue weighted by Gasteiger charge is -2.06. The van der Waals surface area contributed by atoms with Gasteiger partial charge in [-0.15, -0.1) is 0 Å². The standard InChI is InChI=1S/C17H21N5O/c1-13(23)22-16-7-4-5-14(11-16)12-21-17(18)20-10-8-15-6-2-3-9-19-15/h2-7,9,11H,8,10,12H2,1H3,(H,22,23)(H3,18,20,21). The number of hydrogen-bond donors (Lipinski definition) is 3. The predicted molar refractivity (Wildman–Crippen MR) is 92.0 cm³/mol. The minimum absolute atomic E-state index is 0.0960. The second-order valence-electron chi connectivity index (χ2n) is 5.08. The maximum Gasteiger partial charge on any atom is 0.221 e. The molecular formula is C17H21N5O. The maximum atomic E-state index is 11.1. The quantitative estimate of drug-likeness (QED) is 0.559. The van der Waals surface area contributed by atoms with Gasteiger partial charge in [0.25, 0.3) is 0 Å². The van der Waals surface area contributed by atoms with Crippen molar-refractivity contribution >= 4 is 17.6 Å². The van der Waals surface area contributed by atoms with E-state index in [2.05, 4.69) is 20.6 Å². The molecule has 0 saturated heterocycles. The van der Waals surface area contributed by atoms with Crippen LogP contribution in [0.15, 0.2) is 53.7 Å². The molecule has 0 radical (unpaired) electrons. The van der Waals surface area contributed by atoms with Crippen molar-refractivity contribution in [1.82, 2.24) is 10.3 Å². The van der Waals surface area contributed by atoms with Gasteiger partial charge < -0.3 is 16.4 Å². The summed E-state index contributed by atoms with van der Waals surface area (Å²) in [5.74, 6) is 0.298. The lowest BCUT2D eigenvalue weighted by atomic mass is 10.2. The summed E-state index contributed by atoms with van der Waals surface area (Å²) in [6.07, 6.45) is 2.56. The summed E-state index contributed by atoms with van der Waals surface area (Å²) in [5, 5.41) is 5.81. The fourth-order valence-corrected chi connectivity index (χ4v) is 2.05. The van der Waals surface area contributed by atoms with Gasteiger partial charge in [0.2, 0.25) is 5.91 Å². The van der Waals surface area contributed by atoms with Crippen LogP contribution in [0.3, 0.4) is 0 Å². The molecular weight excluding hydrogens is 290 g/mol. The molecule has 1 heterocycles. The molecule has 2 aromatic rings. The third-order valence-corrected chi connectivity index (χ3v) is 3.09. The van der Waals surface area contributed by atoms with E-state index in [0.29, 0.717) is 19.0 Å². The third-order valence-electron chi connectivity index (χ3n) is 3.09. The van der Waals surface area contributed by atoms with Crippen LogP contribution in [0.5, 0.6) is 0 Å². The molecule has 0 unspecified atom stereocenters. The molecule has 6 heteroatoms. The van der Waals surface area contributed by atoms with E-state index in [-0.39, 0.29) is 5.91 Å². The van der Waals surface area contributed by atoms with Crippen molar-refractivity contribution in [1.29, 1.82) is 0 Å². The molecule has 0 aliphatic heterocycles. The Hall–Kier alpha value is -2.89. The Morgan fingerprint density at radius 2 is 2.13 bits per heavy atom. The van der Waals surface area contributed by atoms with Gasteiger partial charge in [-0.05, 0) is 29.8 Å². The molecule has 6 nitrogen and oxygen atoms in total. The van der Waals surface area contributed by atoms with Gasteiger partial charge >= 0.3 is 0 Å². The van der Waals surface area contributed by atoms with Crippen molar-refractivity contribution in [3.63, 3.8) is 0 Å². The van der Waals surface area contributed by atoms with Crippen molar-refractivity contribution in [2.24, 2.45) is 10.7 Å². The summed E-state index contributed by atoms with van der Waals surface area (Å²) >= 11 is 0. The van der Waals surface area contributed by atoms with E-state index in [0.717, 1.165) is 23.4 Å². The number of nitrogens with zero attached hydrogens (tertiary/aromatic N) is 2. The highest BCUT2D eigenvalue weighted by Gasteiger charge is 1.99. The van der Waals surface area contributed by atoms with Gasteiger partial charge in [0.15, 0.2) is 5.96 Å². The molecule has 120 valence electrons. The zero-order valence-electron chi connectivity index (χ0n) is 13.1. The maximum absolute atomic E-state index is 11.1. The van der Waals surface area contributed by atoms with E-state index in [4.69, 9.17) is 5.73 Å². The largest absolute Gasteiger partial charge is 0.370 e. The fourth-order valence-electron chi connectivity index (χ4n) is 2.05. The third kappa shape index (κ3) is 6.17. The first-order valence-electron chi connectivity index (χ1n) is 7.44. The zero-order valence-corrected chi connectivity index (χ0v) is 13.1. The molecule has 0 atom stereocenters. The number of nitrogens with one attached hydrogen (secondary N) is 2. The first kappa shape index (κ1) is 16.5. The Labute approximate surface area is 135 Å². The molecule has 2 rings (SSSR count). The minimum atomic E-state index is -0.0960. The highest BCUT2D eigenvalue weighted by Crippen LogP contribution is 2.11. The first-order valence-corrected chi connectivity index (χ1v) is 7.44. The summed E-state index contributed by atoms with van der Waals surface area (Å²) in [4.78, 5) is 19.6. The molecule has 4 N–H and O–H groups in total. The number of rotatable bonds is 6. The lowest BCUT2D eigenvalue weighted by molar-refractivity contribution is -0.114. The highest BCUT2D eigenvalue weighted by atomic mass is 16.1. The van der Waals surface area contributed by atoms with Crippen LogP contribution >= 0.6 is 0 Å². The molecule has 0 spiro atoms. The fraction of sp³-hybridized carbons (Fsp3) is 0.235. The van der Waals surface area contributed by atoms with Crippen LogP contribution in [-0.4, -0.2) is 23.4 Å². The van der Waals surface area contributed by atoms with Crippen LogP contribution in [0.1, 0.15) is 18.2 Å². The van der Waals surface area contributed by atoms with Gasteiger partial charge in [0.1, 0.15) is 0 Å². The summed E-state index contributed by atoms with van der Waals surface area (Å²) in [6, 6.07) is 13.4. The summed E-state index contributed by atoms with van der Waals surface area (Å²) in [7, 11) is 0. The van der Waals surface area contributed by atoms with E-state index in [9.17, 15) is 4.79 Å². The normalized spacial score (nSPS) is 11.1. The van der Waals surface area contributed by atoms with E-state index in [1.54, 1.807) is 6.20 Å². The summed E-state index contributed by atoms with van der Waals surface area (Å²) in [5.41, 5.74) is 8.60. The Kier molecular flexibility index (Phi) is 6.11. The Morgan fingerprint density at radius 3 is 2.87 bits per heavy atom. The number of amides is 1. The van der Waals surface area contributed by atoms with Crippen LogP contribution in [0.4, 0.5) is 5.69 Å². The van der Waals surface area contributed by atoms with E-state index >= 15 is 0 Å². The second-order valence-corrected chi connectivity index (χ2v) is 5.08. The molecule has 0 saturated carbocycles. The number of guanidine groups is 1.